The van der Waals surface area contributed by atoms with E-state index in [-0.39, 0.29) is 4.83 Å². The second-order valence-electron chi connectivity index (χ2n) is 4.34. The molecule has 2 heteroatoms. The third kappa shape index (κ3) is 2.91. The van der Waals surface area contributed by atoms with Gasteiger partial charge >= 0.3 is 0 Å². The lowest BCUT2D eigenvalue weighted by atomic mass is 10.0. The number of benzene rings is 1. The Kier molecular flexibility index (Phi) is 3.25. The molecule has 1 saturated carbocycles. The van der Waals surface area contributed by atoms with Crippen LogP contribution in [0.3, 0.4) is 0 Å². The van der Waals surface area contributed by atoms with E-state index < -0.39 is 0 Å². The van der Waals surface area contributed by atoms with Gasteiger partial charge < -0.3 is 0 Å². The van der Waals surface area contributed by atoms with E-state index in [1.54, 1.807) is 0 Å². The summed E-state index contributed by atoms with van der Waals surface area (Å²) in [5.41, 5.74) is 2.50. The molecule has 1 aliphatic rings. The van der Waals surface area contributed by atoms with Crippen molar-refractivity contribution in [2.24, 2.45) is 5.92 Å². The first-order valence-corrected chi connectivity index (χ1v) is 6.32. The fraction of sp³-hybridized carbons (Fsp3) is 0.462. The van der Waals surface area contributed by atoms with Gasteiger partial charge in [-0.25, -0.2) is 0 Å². The molecule has 2 rings (SSSR count). The number of rotatable bonds is 4. The maximum atomic E-state index is 11.7. The SMILES string of the molecule is Cc1cccc(CC(Br)C(=O)C2CC2)c1. The molecule has 1 aromatic carbocycles. The Morgan fingerprint density at radius 3 is 2.87 bits per heavy atom. The number of carbonyl (C=O) groups is 1. The van der Waals surface area contributed by atoms with Crippen LogP contribution in [0.1, 0.15) is 24.0 Å². The first kappa shape index (κ1) is 10.9. The minimum absolute atomic E-state index is 0.00630. The third-order valence-corrected chi connectivity index (χ3v) is 3.56. The van der Waals surface area contributed by atoms with E-state index in [0.717, 1.165) is 19.3 Å². The molecule has 0 spiro atoms. The van der Waals surface area contributed by atoms with Gasteiger partial charge in [0.05, 0.1) is 4.83 Å². The zero-order chi connectivity index (χ0) is 10.8. The smallest absolute Gasteiger partial charge is 0.149 e. The van der Waals surface area contributed by atoms with Crippen molar-refractivity contribution in [3.05, 3.63) is 35.4 Å². The van der Waals surface area contributed by atoms with Gasteiger partial charge in [-0.1, -0.05) is 45.8 Å². The van der Waals surface area contributed by atoms with Crippen LogP contribution >= 0.6 is 15.9 Å². The van der Waals surface area contributed by atoms with Crippen LogP contribution in [0.25, 0.3) is 0 Å². The van der Waals surface area contributed by atoms with Crippen molar-refractivity contribution in [1.29, 1.82) is 0 Å². The molecule has 0 radical (unpaired) electrons. The molecule has 15 heavy (non-hydrogen) atoms. The van der Waals surface area contributed by atoms with Crippen LogP contribution in [0.4, 0.5) is 0 Å². The van der Waals surface area contributed by atoms with Gasteiger partial charge in [-0.2, -0.15) is 0 Å². The van der Waals surface area contributed by atoms with Crippen LogP contribution in [-0.2, 0) is 11.2 Å². The summed E-state index contributed by atoms with van der Waals surface area (Å²) in [5.74, 6) is 0.732. The maximum Gasteiger partial charge on any atom is 0.149 e. The summed E-state index contributed by atoms with van der Waals surface area (Å²) < 4.78 is 0. The largest absolute Gasteiger partial charge is 0.298 e. The van der Waals surface area contributed by atoms with Crippen LogP contribution in [0.2, 0.25) is 0 Å². The van der Waals surface area contributed by atoms with E-state index in [9.17, 15) is 4.79 Å². The number of hydrogen-bond donors (Lipinski definition) is 0. The minimum Gasteiger partial charge on any atom is -0.298 e. The second kappa shape index (κ2) is 4.48. The lowest BCUT2D eigenvalue weighted by Gasteiger charge is -2.08. The third-order valence-electron chi connectivity index (χ3n) is 2.79. The Balaban J connectivity index is 1.98. The van der Waals surface area contributed by atoms with Gasteiger partial charge in [0.2, 0.25) is 0 Å². The maximum absolute atomic E-state index is 11.7. The Labute approximate surface area is 99.0 Å². The molecule has 1 aliphatic carbocycles. The first-order valence-electron chi connectivity index (χ1n) is 5.40. The lowest BCUT2D eigenvalue weighted by Crippen LogP contribution is -2.18. The molecule has 1 atom stereocenters. The van der Waals surface area contributed by atoms with E-state index >= 15 is 0 Å². The van der Waals surface area contributed by atoms with Crippen molar-refractivity contribution in [1.82, 2.24) is 0 Å². The molecule has 0 aromatic heterocycles. The van der Waals surface area contributed by atoms with Gasteiger partial charge in [0.1, 0.15) is 5.78 Å². The van der Waals surface area contributed by atoms with E-state index in [4.69, 9.17) is 0 Å². The lowest BCUT2D eigenvalue weighted by molar-refractivity contribution is -0.119. The van der Waals surface area contributed by atoms with Gasteiger partial charge in [0, 0.05) is 5.92 Å². The van der Waals surface area contributed by atoms with Crippen molar-refractivity contribution in [3.63, 3.8) is 0 Å². The average Bonchev–Trinajstić information content (AvgIpc) is 2.99. The summed E-state index contributed by atoms with van der Waals surface area (Å²) in [6.45, 7) is 2.08. The van der Waals surface area contributed by atoms with Crippen LogP contribution in [0.15, 0.2) is 24.3 Å². The number of Topliss-reactive ketones (excluding diaryl/α,β-unsaturated/α-hetero) is 1. The van der Waals surface area contributed by atoms with Crippen molar-refractivity contribution in [3.8, 4) is 0 Å². The molecule has 80 valence electrons. The summed E-state index contributed by atoms with van der Waals surface area (Å²) in [7, 11) is 0. The van der Waals surface area contributed by atoms with Crippen molar-refractivity contribution in [2.75, 3.05) is 0 Å². The predicted octanol–water partition coefficient (Wildman–Crippen LogP) is 3.28. The zero-order valence-electron chi connectivity index (χ0n) is 8.87. The van der Waals surface area contributed by atoms with Crippen molar-refractivity contribution >= 4 is 21.7 Å². The Hall–Kier alpha value is -0.630. The van der Waals surface area contributed by atoms with E-state index in [1.165, 1.54) is 11.1 Å². The Morgan fingerprint density at radius 2 is 2.27 bits per heavy atom. The molecule has 0 bridgehead atoms. The molecule has 0 amide bonds. The van der Waals surface area contributed by atoms with Gasteiger partial charge in [-0.05, 0) is 31.7 Å². The normalized spacial score (nSPS) is 17.5. The summed E-state index contributed by atoms with van der Waals surface area (Å²) in [6, 6.07) is 8.36. The number of carbonyl (C=O) groups excluding carboxylic acids is 1. The quantitative estimate of drug-likeness (QED) is 0.765. The van der Waals surface area contributed by atoms with Gasteiger partial charge in [0.25, 0.3) is 0 Å². The summed E-state index contributed by atoms with van der Waals surface area (Å²) >= 11 is 3.50. The van der Waals surface area contributed by atoms with Gasteiger partial charge in [-0.15, -0.1) is 0 Å². The summed E-state index contributed by atoms with van der Waals surface area (Å²) in [6.07, 6.45) is 3.00. The highest BCUT2D eigenvalue weighted by atomic mass is 79.9. The molecular formula is C13H15BrO. The number of ketones is 1. The van der Waals surface area contributed by atoms with Crippen LogP contribution in [-0.4, -0.2) is 10.6 Å². The summed E-state index contributed by atoms with van der Waals surface area (Å²) in [4.78, 5) is 11.8. The Bertz CT molecular complexity index is 369. The van der Waals surface area contributed by atoms with E-state index in [0.29, 0.717) is 11.7 Å². The van der Waals surface area contributed by atoms with Gasteiger partial charge in [0.15, 0.2) is 0 Å². The molecule has 0 aliphatic heterocycles. The van der Waals surface area contributed by atoms with Crippen molar-refractivity contribution < 1.29 is 4.79 Å². The van der Waals surface area contributed by atoms with Crippen LogP contribution in [0.5, 0.6) is 0 Å². The fourth-order valence-electron chi connectivity index (χ4n) is 1.77. The topological polar surface area (TPSA) is 17.1 Å². The number of hydrogen-bond acceptors (Lipinski definition) is 1. The molecule has 1 nitrogen and oxygen atoms in total. The number of alkyl halides is 1. The number of aryl methyl sites for hydroxylation is 1. The average molecular weight is 267 g/mol. The number of halogens is 1. The Morgan fingerprint density at radius 1 is 1.53 bits per heavy atom. The fourth-order valence-corrected chi connectivity index (χ4v) is 2.52. The highest BCUT2D eigenvalue weighted by Gasteiger charge is 2.33. The van der Waals surface area contributed by atoms with Crippen molar-refractivity contribution in [2.45, 2.75) is 31.0 Å². The highest BCUT2D eigenvalue weighted by molar-refractivity contribution is 9.10. The standard InChI is InChI=1S/C13H15BrO/c1-9-3-2-4-10(7-9)8-12(14)13(15)11-5-6-11/h2-4,7,11-12H,5-6,8H2,1H3. The molecule has 0 heterocycles. The second-order valence-corrected chi connectivity index (χ2v) is 5.44. The minimum atomic E-state index is 0.00630. The predicted molar refractivity (Wildman–Crippen MR) is 65.3 cm³/mol. The summed E-state index contributed by atoms with van der Waals surface area (Å²) in [5, 5.41) is 0. The van der Waals surface area contributed by atoms with E-state index in [1.807, 2.05) is 6.07 Å². The molecule has 1 fully saturated rings. The van der Waals surface area contributed by atoms with Crippen LogP contribution < -0.4 is 0 Å². The highest BCUT2D eigenvalue weighted by Crippen LogP contribution is 2.33. The molecule has 1 unspecified atom stereocenters. The molecule has 1 aromatic rings. The zero-order valence-corrected chi connectivity index (χ0v) is 10.5. The molecule has 0 saturated heterocycles. The molecule has 0 N–H and O–H groups in total. The van der Waals surface area contributed by atoms with Crippen LogP contribution in [0, 0.1) is 12.8 Å². The molecular weight excluding hydrogens is 252 g/mol. The van der Waals surface area contributed by atoms with E-state index in [2.05, 4.69) is 41.1 Å². The monoisotopic (exact) mass is 266 g/mol. The van der Waals surface area contributed by atoms with Gasteiger partial charge in [-0.3, -0.25) is 4.79 Å². The first-order chi connectivity index (χ1) is 7.16.